The van der Waals surface area contributed by atoms with Crippen molar-refractivity contribution in [1.82, 2.24) is 30.2 Å². The van der Waals surface area contributed by atoms with Gasteiger partial charge >= 0.3 is 0 Å². The molecule has 9 heteroatoms. The fourth-order valence-corrected chi connectivity index (χ4v) is 4.96. The summed E-state index contributed by atoms with van der Waals surface area (Å²) in [6.07, 6.45) is 7.57. The first kappa shape index (κ1) is 21.1. The lowest BCUT2D eigenvalue weighted by Gasteiger charge is -2.37. The van der Waals surface area contributed by atoms with Gasteiger partial charge < -0.3 is 25.3 Å². The van der Waals surface area contributed by atoms with Gasteiger partial charge in [0.1, 0.15) is 23.6 Å². The van der Waals surface area contributed by atoms with Crippen molar-refractivity contribution in [2.45, 2.75) is 57.7 Å². The zero-order valence-corrected chi connectivity index (χ0v) is 19.0. The van der Waals surface area contributed by atoms with E-state index in [0.717, 1.165) is 67.6 Å². The van der Waals surface area contributed by atoms with Gasteiger partial charge in [-0.15, -0.1) is 0 Å². The fraction of sp³-hybridized carbons (Fsp3) is 0.565. The first-order valence-corrected chi connectivity index (χ1v) is 11.6. The number of nitrogens with one attached hydrogen (secondary N) is 3. The molecule has 5 heterocycles. The number of ether oxygens (including phenoxy) is 1. The molecule has 0 aliphatic carbocycles. The average Bonchev–Trinajstić information content (AvgIpc) is 3.24. The standard InChI is InChI=1S/C23H32N8O/c1-14-11-31(12-15(2)28-14)19-4-7-24-21(30-19)16(3)29-23-20-18(17-5-8-32-9-6-17)10-25-22(20)26-13-27-23/h4,7,10,13-17,28H,5-6,8-9,11-12H2,1-3H3,(H2,25,26,27,29)/t14-,15+,16-/m0/s1. The summed E-state index contributed by atoms with van der Waals surface area (Å²) in [6, 6.07) is 2.76. The Bertz CT molecular complexity index is 1050. The van der Waals surface area contributed by atoms with Crippen LogP contribution in [0.15, 0.2) is 24.8 Å². The molecule has 5 rings (SSSR count). The van der Waals surface area contributed by atoms with E-state index < -0.39 is 0 Å². The molecule has 0 saturated carbocycles. The number of piperazine rings is 1. The van der Waals surface area contributed by atoms with Crippen molar-refractivity contribution in [1.29, 1.82) is 0 Å². The van der Waals surface area contributed by atoms with Gasteiger partial charge in [-0.25, -0.2) is 19.9 Å². The number of nitrogens with zero attached hydrogens (tertiary/aromatic N) is 5. The molecule has 0 aromatic carbocycles. The van der Waals surface area contributed by atoms with Crippen molar-refractivity contribution in [2.24, 2.45) is 0 Å². The summed E-state index contributed by atoms with van der Waals surface area (Å²) in [6.45, 7) is 9.98. The van der Waals surface area contributed by atoms with Gasteiger partial charge in [-0.05, 0) is 51.2 Å². The molecular weight excluding hydrogens is 404 g/mol. The number of rotatable bonds is 5. The van der Waals surface area contributed by atoms with Crippen molar-refractivity contribution in [3.8, 4) is 0 Å². The molecule has 9 nitrogen and oxygen atoms in total. The third-order valence-electron chi connectivity index (χ3n) is 6.44. The highest BCUT2D eigenvalue weighted by molar-refractivity contribution is 5.91. The normalized spacial score (nSPS) is 23.4. The van der Waals surface area contributed by atoms with Crippen LogP contribution in [-0.4, -0.2) is 63.3 Å². The Morgan fingerprint density at radius 1 is 1.12 bits per heavy atom. The van der Waals surface area contributed by atoms with E-state index in [2.05, 4.69) is 62.4 Å². The number of hydrogen-bond donors (Lipinski definition) is 3. The molecule has 32 heavy (non-hydrogen) atoms. The summed E-state index contributed by atoms with van der Waals surface area (Å²) in [4.78, 5) is 24.2. The molecule has 0 unspecified atom stereocenters. The SMILES string of the molecule is C[C@@H]1CN(c2ccnc([C@H](C)Nc3ncnc4[nH]cc(C5CCOCC5)c34)n2)C[C@H](C)N1. The van der Waals surface area contributed by atoms with Gasteiger partial charge in [-0.2, -0.15) is 0 Å². The number of aromatic amines is 1. The molecule has 0 radical (unpaired) electrons. The molecule has 3 N–H and O–H groups in total. The summed E-state index contributed by atoms with van der Waals surface area (Å²) >= 11 is 0. The summed E-state index contributed by atoms with van der Waals surface area (Å²) in [5.41, 5.74) is 2.12. The molecular formula is C23H32N8O. The van der Waals surface area contributed by atoms with E-state index in [9.17, 15) is 0 Å². The molecule has 3 aromatic heterocycles. The summed E-state index contributed by atoms with van der Waals surface area (Å²) in [7, 11) is 0. The largest absolute Gasteiger partial charge is 0.381 e. The van der Waals surface area contributed by atoms with Crippen molar-refractivity contribution < 1.29 is 4.74 Å². The van der Waals surface area contributed by atoms with E-state index in [-0.39, 0.29) is 6.04 Å². The third kappa shape index (κ3) is 4.27. The highest BCUT2D eigenvalue weighted by Gasteiger charge is 2.24. The fourth-order valence-electron chi connectivity index (χ4n) is 4.96. The molecule has 170 valence electrons. The zero-order chi connectivity index (χ0) is 22.1. The second-order valence-electron chi connectivity index (χ2n) is 9.09. The average molecular weight is 437 g/mol. The van der Waals surface area contributed by atoms with Crippen LogP contribution in [0.2, 0.25) is 0 Å². The van der Waals surface area contributed by atoms with Crippen LogP contribution >= 0.6 is 0 Å². The highest BCUT2D eigenvalue weighted by Crippen LogP contribution is 2.35. The Morgan fingerprint density at radius 3 is 2.69 bits per heavy atom. The molecule has 3 atom stereocenters. The Hall–Kier alpha value is -2.78. The summed E-state index contributed by atoms with van der Waals surface area (Å²) in [5.74, 6) is 3.01. The van der Waals surface area contributed by atoms with Crippen molar-refractivity contribution in [3.63, 3.8) is 0 Å². The molecule has 2 fully saturated rings. The van der Waals surface area contributed by atoms with Crippen LogP contribution in [0.5, 0.6) is 0 Å². The molecule has 0 amide bonds. The second-order valence-corrected chi connectivity index (χ2v) is 9.09. The molecule has 2 aliphatic rings. The lowest BCUT2D eigenvalue weighted by atomic mass is 9.92. The van der Waals surface area contributed by atoms with Gasteiger partial charge in [0.2, 0.25) is 0 Å². The predicted molar refractivity (Wildman–Crippen MR) is 125 cm³/mol. The number of anilines is 2. The van der Waals surface area contributed by atoms with E-state index in [4.69, 9.17) is 9.72 Å². The van der Waals surface area contributed by atoms with Gasteiger partial charge in [0.05, 0.1) is 11.4 Å². The van der Waals surface area contributed by atoms with E-state index in [1.54, 1.807) is 6.33 Å². The van der Waals surface area contributed by atoms with Crippen LogP contribution in [0.4, 0.5) is 11.6 Å². The van der Waals surface area contributed by atoms with Crippen LogP contribution in [0, 0.1) is 0 Å². The summed E-state index contributed by atoms with van der Waals surface area (Å²) < 4.78 is 5.56. The van der Waals surface area contributed by atoms with Gasteiger partial charge in [-0.3, -0.25) is 0 Å². The first-order chi connectivity index (χ1) is 15.6. The highest BCUT2D eigenvalue weighted by atomic mass is 16.5. The predicted octanol–water partition coefficient (Wildman–Crippen LogP) is 3.00. The zero-order valence-electron chi connectivity index (χ0n) is 19.0. The Balaban J connectivity index is 1.39. The summed E-state index contributed by atoms with van der Waals surface area (Å²) in [5, 5.41) is 8.19. The Kier molecular flexibility index (Phi) is 5.93. The third-order valence-corrected chi connectivity index (χ3v) is 6.44. The van der Waals surface area contributed by atoms with Crippen LogP contribution in [0.3, 0.4) is 0 Å². The molecule has 0 spiro atoms. The number of fused-ring (bicyclic) bond motifs is 1. The van der Waals surface area contributed by atoms with E-state index in [1.165, 1.54) is 5.56 Å². The monoisotopic (exact) mass is 436 g/mol. The number of hydrogen-bond acceptors (Lipinski definition) is 8. The van der Waals surface area contributed by atoms with Gasteiger partial charge in [0.25, 0.3) is 0 Å². The van der Waals surface area contributed by atoms with Crippen molar-refractivity contribution >= 4 is 22.7 Å². The topological polar surface area (TPSA) is 104 Å². The number of aromatic nitrogens is 5. The Morgan fingerprint density at radius 2 is 1.91 bits per heavy atom. The van der Waals surface area contributed by atoms with E-state index in [0.29, 0.717) is 18.0 Å². The smallest absolute Gasteiger partial charge is 0.152 e. The van der Waals surface area contributed by atoms with Crippen LogP contribution in [0.1, 0.15) is 57.0 Å². The van der Waals surface area contributed by atoms with Gasteiger partial charge in [-0.1, -0.05) is 0 Å². The quantitative estimate of drug-likeness (QED) is 0.561. The van der Waals surface area contributed by atoms with Crippen molar-refractivity contribution in [3.05, 3.63) is 36.2 Å². The number of H-pyrrole nitrogens is 1. The maximum absolute atomic E-state index is 5.56. The van der Waals surface area contributed by atoms with Crippen LogP contribution < -0.4 is 15.5 Å². The second kappa shape index (κ2) is 8.99. The lowest BCUT2D eigenvalue weighted by molar-refractivity contribution is 0.0856. The minimum absolute atomic E-state index is 0.0942. The van der Waals surface area contributed by atoms with Crippen molar-refractivity contribution in [2.75, 3.05) is 36.5 Å². The van der Waals surface area contributed by atoms with Crippen LogP contribution in [-0.2, 0) is 4.74 Å². The molecule has 3 aromatic rings. The maximum atomic E-state index is 5.56. The molecule has 2 saturated heterocycles. The first-order valence-electron chi connectivity index (χ1n) is 11.6. The Labute approximate surface area is 188 Å². The van der Waals surface area contributed by atoms with E-state index in [1.807, 2.05) is 12.3 Å². The maximum Gasteiger partial charge on any atom is 0.152 e. The van der Waals surface area contributed by atoms with Crippen LogP contribution in [0.25, 0.3) is 11.0 Å². The minimum atomic E-state index is -0.0942. The molecule has 2 aliphatic heterocycles. The minimum Gasteiger partial charge on any atom is -0.381 e. The van der Waals surface area contributed by atoms with E-state index >= 15 is 0 Å². The lowest BCUT2D eigenvalue weighted by Crippen LogP contribution is -2.54. The van der Waals surface area contributed by atoms with Gasteiger partial charge in [0.15, 0.2) is 5.82 Å². The molecule has 0 bridgehead atoms. The van der Waals surface area contributed by atoms with Gasteiger partial charge in [0, 0.05) is 50.8 Å².